The molecule has 5 nitrogen and oxygen atoms in total. The second kappa shape index (κ2) is 9.00. The Bertz CT molecular complexity index is 510. The lowest BCUT2D eigenvalue weighted by Crippen LogP contribution is -2.37. The molecule has 1 aromatic rings. The number of benzene rings is 1. The molecule has 2 unspecified atom stereocenters. The molecule has 2 atom stereocenters. The predicted molar refractivity (Wildman–Crippen MR) is 84.2 cm³/mol. The summed E-state index contributed by atoms with van der Waals surface area (Å²) in [6, 6.07) is 7.84. The quantitative estimate of drug-likeness (QED) is 0.590. The molecule has 5 heteroatoms. The summed E-state index contributed by atoms with van der Waals surface area (Å²) in [5.74, 6) is -0.912. The number of esters is 1. The molecule has 0 spiro atoms. The molecule has 0 aliphatic rings. The molecule has 0 saturated heterocycles. The van der Waals surface area contributed by atoms with E-state index in [-0.39, 0.29) is 12.5 Å². The number of carbonyl (C=O) groups excluding carboxylic acids is 2. The van der Waals surface area contributed by atoms with Crippen LogP contribution >= 0.6 is 0 Å². The average Bonchev–Trinajstić information content (AvgIpc) is 2.51. The number of rotatable bonds is 8. The van der Waals surface area contributed by atoms with Crippen LogP contribution in [0.5, 0.6) is 0 Å². The van der Waals surface area contributed by atoms with Crippen molar-refractivity contribution in [2.75, 3.05) is 6.61 Å². The van der Waals surface area contributed by atoms with Gasteiger partial charge in [-0.2, -0.15) is 0 Å². The average molecular weight is 305 g/mol. The molecular weight excluding hydrogens is 282 g/mol. The fraction of sp³-hybridized carbons (Fsp3) is 0.412. The molecule has 22 heavy (non-hydrogen) atoms. The summed E-state index contributed by atoms with van der Waals surface area (Å²) in [5, 5.41) is 2.73. The van der Waals surface area contributed by atoms with E-state index in [1.165, 1.54) is 6.92 Å². The first kappa shape index (κ1) is 17.9. The second-order valence-electron chi connectivity index (χ2n) is 5.05. The lowest BCUT2D eigenvalue weighted by molar-refractivity contribution is -0.164. The molecule has 0 saturated carbocycles. The summed E-state index contributed by atoms with van der Waals surface area (Å²) in [6.07, 6.45) is -0.0559. The fourth-order valence-electron chi connectivity index (χ4n) is 1.64. The smallest absolute Gasteiger partial charge is 0.335 e. The number of amides is 1. The van der Waals surface area contributed by atoms with Gasteiger partial charge in [-0.05, 0) is 26.3 Å². The Hall–Kier alpha value is -2.14. The molecule has 1 rings (SSSR count). The molecule has 0 radical (unpaired) electrons. The Labute approximate surface area is 131 Å². The van der Waals surface area contributed by atoms with Crippen molar-refractivity contribution in [3.63, 3.8) is 0 Å². The number of aryl methyl sites for hydroxylation is 1. The van der Waals surface area contributed by atoms with E-state index in [2.05, 4.69) is 11.9 Å². The molecule has 0 aliphatic carbocycles. The standard InChI is InChI=1S/C17H23NO4/c1-5-10-21-14(4)17(20)22-13(3)16(19)18-11-15-8-6-12(2)7-9-15/h5-9,13-14H,1,10-11H2,2-4H3,(H,18,19). The largest absolute Gasteiger partial charge is 0.451 e. The summed E-state index contributed by atoms with van der Waals surface area (Å²) >= 11 is 0. The number of ether oxygens (including phenoxy) is 2. The van der Waals surface area contributed by atoms with Crippen LogP contribution in [0.15, 0.2) is 36.9 Å². The first-order valence-electron chi connectivity index (χ1n) is 7.20. The van der Waals surface area contributed by atoms with E-state index in [9.17, 15) is 9.59 Å². The summed E-state index contributed by atoms with van der Waals surface area (Å²) in [6.45, 7) is 9.25. The van der Waals surface area contributed by atoms with E-state index in [1.807, 2.05) is 31.2 Å². The van der Waals surface area contributed by atoms with E-state index >= 15 is 0 Å². The third kappa shape index (κ3) is 6.10. The maximum absolute atomic E-state index is 11.9. The number of hydrogen-bond donors (Lipinski definition) is 1. The lowest BCUT2D eigenvalue weighted by Gasteiger charge is -2.16. The van der Waals surface area contributed by atoms with Crippen LogP contribution in [0.2, 0.25) is 0 Å². The Morgan fingerprint density at radius 3 is 2.45 bits per heavy atom. The van der Waals surface area contributed by atoms with Crippen LogP contribution in [0.3, 0.4) is 0 Å². The van der Waals surface area contributed by atoms with Crippen LogP contribution in [0.4, 0.5) is 0 Å². The van der Waals surface area contributed by atoms with Crippen LogP contribution < -0.4 is 5.32 Å². The maximum Gasteiger partial charge on any atom is 0.335 e. The first-order chi connectivity index (χ1) is 10.4. The molecule has 0 heterocycles. The van der Waals surface area contributed by atoms with Crippen molar-refractivity contribution in [2.24, 2.45) is 0 Å². The van der Waals surface area contributed by atoms with Gasteiger partial charge in [-0.15, -0.1) is 6.58 Å². The molecule has 1 N–H and O–H groups in total. The Balaban J connectivity index is 2.39. The minimum Gasteiger partial charge on any atom is -0.451 e. The van der Waals surface area contributed by atoms with Crippen molar-refractivity contribution in [2.45, 2.75) is 39.5 Å². The first-order valence-corrected chi connectivity index (χ1v) is 7.20. The third-order valence-electron chi connectivity index (χ3n) is 3.05. The molecule has 0 aliphatic heterocycles. The van der Waals surface area contributed by atoms with Gasteiger partial charge in [-0.25, -0.2) is 4.79 Å². The normalized spacial score (nSPS) is 13.0. The van der Waals surface area contributed by atoms with Gasteiger partial charge in [0.05, 0.1) is 6.61 Å². The zero-order valence-corrected chi connectivity index (χ0v) is 13.3. The van der Waals surface area contributed by atoms with Crippen LogP contribution in [0, 0.1) is 6.92 Å². The molecule has 1 aromatic carbocycles. The fourth-order valence-corrected chi connectivity index (χ4v) is 1.64. The Morgan fingerprint density at radius 1 is 1.23 bits per heavy atom. The van der Waals surface area contributed by atoms with E-state index in [0.29, 0.717) is 6.54 Å². The van der Waals surface area contributed by atoms with Gasteiger partial charge >= 0.3 is 5.97 Å². The van der Waals surface area contributed by atoms with Crippen molar-refractivity contribution >= 4 is 11.9 Å². The molecule has 120 valence electrons. The van der Waals surface area contributed by atoms with Gasteiger partial charge in [0.25, 0.3) is 5.91 Å². The van der Waals surface area contributed by atoms with Crippen molar-refractivity contribution in [1.29, 1.82) is 0 Å². The number of hydrogen-bond acceptors (Lipinski definition) is 4. The SMILES string of the molecule is C=CCOC(C)C(=O)OC(C)C(=O)NCc1ccc(C)cc1. The minimum atomic E-state index is -0.868. The maximum atomic E-state index is 11.9. The molecule has 0 fully saturated rings. The van der Waals surface area contributed by atoms with Crippen LogP contribution in [-0.2, 0) is 25.6 Å². The van der Waals surface area contributed by atoms with Gasteiger partial charge in [0.15, 0.2) is 12.2 Å². The van der Waals surface area contributed by atoms with Gasteiger partial charge in [0, 0.05) is 6.54 Å². The summed E-state index contributed by atoms with van der Waals surface area (Å²) in [5.41, 5.74) is 2.14. The number of carbonyl (C=O) groups is 2. The zero-order chi connectivity index (χ0) is 16.5. The summed E-state index contributed by atoms with van der Waals surface area (Å²) < 4.78 is 10.2. The van der Waals surface area contributed by atoms with Crippen molar-refractivity contribution in [3.8, 4) is 0 Å². The molecule has 0 aromatic heterocycles. The zero-order valence-electron chi connectivity index (χ0n) is 13.3. The van der Waals surface area contributed by atoms with Gasteiger partial charge < -0.3 is 14.8 Å². The van der Waals surface area contributed by atoms with E-state index < -0.39 is 18.2 Å². The van der Waals surface area contributed by atoms with Gasteiger partial charge in [-0.1, -0.05) is 35.9 Å². The van der Waals surface area contributed by atoms with E-state index in [4.69, 9.17) is 9.47 Å². The number of nitrogens with one attached hydrogen (secondary N) is 1. The highest BCUT2D eigenvalue weighted by Gasteiger charge is 2.21. The highest BCUT2D eigenvalue weighted by Crippen LogP contribution is 2.04. The summed E-state index contributed by atoms with van der Waals surface area (Å²) in [4.78, 5) is 23.6. The Morgan fingerprint density at radius 2 is 1.86 bits per heavy atom. The van der Waals surface area contributed by atoms with E-state index in [0.717, 1.165) is 11.1 Å². The van der Waals surface area contributed by atoms with E-state index in [1.54, 1.807) is 13.0 Å². The Kier molecular flexibility index (Phi) is 7.32. The topological polar surface area (TPSA) is 64.6 Å². The van der Waals surface area contributed by atoms with Gasteiger partial charge in [-0.3, -0.25) is 4.79 Å². The van der Waals surface area contributed by atoms with Crippen molar-refractivity contribution in [1.82, 2.24) is 5.32 Å². The highest BCUT2D eigenvalue weighted by molar-refractivity contribution is 5.84. The van der Waals surface area contributed by atoms with Crippen molar-refractivity contribution in [3.05, 3.63) is 48.0 Å². The van der Waals surface area contributed by atoms with Gasteiger partial charge in [0.2, 0.25) is 0 Å². The summed E-state index contributed by atoms with van der Waals surface area (Å²) in [7, 11) is 0. The third-order valence-corrected chi connectivity index (χ3v) is 3.05. The second-order valence-corrected chi connectivity index (χ2v) is 5.05. The van der Waals surface area contributed by atoms with Crippen molar-refractivity contribution < 1.29 is 19.1 Å². The van der Waals surface area contributed by atoms with Crippen LogP contribution in [0.25, 0.3) is 0 Å². The predicted octanol–water partition coefficient (Wildman–Crippen LogP) is 2.13. The molecular formula is C17H23NO4. The molecule has 1 amide bonds. The van der Waals surface area contributed by atoms with Crippen LogP contribution in [-0.4, -0.2) is 30.7 Å². The minimum absolute atomic E-state index is 0.254. The molecule has 0 bridgehead atoms. The monoisotopic (exact) mass is 305 g/mol. The van der Waals surface area contributed by atoms with Gasteiger partial charge in [0.1, 0.15) is 0 Å². The lowest BCUT2D eigenvalue weighted by atomic mass is 10.1. The van der Waals surface area contributed by atoms with Crippen LogP contribution in [0.1, 0.15) is 25.0 Å². The highest BCUT2D eigenvalue weighted by atomic mass is 16.6.